The van der Waals surface area contributed by atoms with E-state index in [0.29, 0.717) is 0 Å². The predicted octanol–water partition coefficient (Wildman–Crippen LogP) is -0.987. The van der Waals surface area contributed by atoms with E-state index in [0.717, 1.165) is 19.6 Å². The average Bonchev–Trinajstić information content (AvgIpc) is 1.97. The fraction of sp³-hybridized carbons (Fsp3) is 0.857. The number of amides is 1. The van der Waals surface area contributed by atoms with E-state index in [2.05, 4.69) is 17.1 Å². The highest BCUT2D eigenvalue weighted by Gasteiger charge is 1.94. The number of nitrogens with two attached hydrogens (primary N) is 1. The van der Waals surface area contributed by atoms with E-state index in [1.807, 2.05) is 7.05 Å². The molecule has 0 heterocycles. The maximum absolute atomic E-state index is 10.3. The van der Waals surface area contributed by atoms with Gasteiger partial charge in [0.15, 0.2) is 0 Å². The summed E-state index contributed by atoms with van der Waals surface area (Å²) in [6.07, 6.45) is 0. The lowest BCUT2D eigenvalue weighted by Gasteiger charge is -2.13. The number of likely N-dealkylation sites (N-methyl/N-ethyl adjacent to an activating group) is 1. The first kappa shape index (κ1) is 10.4. The molecule has 0 aromatic carbocycles. The van der Waals surface area contributed by atoms with Gasteiger partial charge in [-0.2, -0.15) is 0 Å². The van der Waals surface area contributed by atoms with Crippen LogP contribution in [0.4, 0.5) is 0 Å². The van der Waals surface area contributed by atoms with Crippen LogP contribution in [0.3, 0.4) is 0 Å². The molecular formula is C7H17N3O. The Morgan fingerprint density at radius 2 is 2.27 bits per heavy atom. The van der Waals surface area contributed by atoms with E-state index < -0.39 is 0 Å². The van der Waals surface area contributed by atoms with Crippen LogP contribution in [0, 0.1) is 0 Å². The Morgan fingerprint density at radius 1 is 1.64 bits per heavy atom. The summed E-state index contributed by atoms with van der Waals surface area (Å²) in [5.41, 5.74) is 4.93. The summed E-state index contributed by atoms with van der Waals surface area (Å²) in [6, 6.07) is 0. The van der Waals surface area contributed by atoms with Gasteiger partial charge in [0.25, 0.3) is 0 Å². The van der Waals surface area contributed by atoms with Crippen molar-refractivity contribution in [1.29, 1.82) is 0 Å². The van der Waals surface area contributed by atoms with E-state index >= 15 is 0 Å². The Bertz CT molecular complexity index is 116. The molecule has 66 valence electrons. The van der Waals surface area contributed by atoms with Crippen molar-refractivity contribution in [1.82, 2.24) is 10.2 Å². The fourth-order valence-electron chi connectivity index (χ4n) is 0.640. The van der Waals surface area contributed by atoms with Crippen LogP contribution in [0.1, 0.15) is 6.92 Å². The van der Waals surface area contributed by atoms with E-state index in [1.54, 1.807) is 0 Å². The molecule has 0 radical (unpaired) electrons. The highest BCUT2D eigenvalue weighted by molar-refractivity contribution is 5.75. The average molecular weight is 159 g/mol. The third kappa shape index (κ3) is 7.29. The Morgan fingerprint density at radius 3 is 2.73 bits per heavy atom. The van der Waals surface area contributed by atoms with Gasteiger partial charge in [-0.05, 0) is 13.6 Å². The normalized spacial score (nSPS) is 10.5. The largest absolute Gasteiger partial charge is 0.369 e. The number of carbonyl (C=O) groups excluding carboxylic acids is 1. The molecule has 3 N–H and O–H groups in total. The molecule has 0 saturated heterocycles. The van der Waals surface area contributed by atoms with Crippen LogP contribution in [-0.2, 0) is 4.79 Å². The zero-order valence-electron chi connectivity index (χ0n) is 7.26. The minimum absolute atomic E-state index is 0.275. The van der Waals surface area contributed by atoms with Crippen molar-refractivity contribution in [2.24, 2.45) is 5.73 Å². The van der Waals surface area contributed by atoms with Gasteiger partial charge in [0.2, 0.25) is 5.91 Å². The Labute approximate surface area is 67.7 Å². The minimum atomic E-state index is -0.302. The SMILES string of the molecule is CCN(C)CCNCC(N)=O. The van der Waals surface area contributed by atoms with Crippen LogP contribution in [0.25, 0.3) is 0 Å². The number of nitrogens with one attached hydrogen (secondary N) is 1. The number of hydrogen-bond donors (Lipinski definition) is 2. The van der Waals surface area contributed by atoms with Crippen LogP contribution < -0.4 is 11.1 Å². The standard InChI is InChI=1S/C7H17N3O/c1-3-10(2)5-4-9-6-7(8)11/h9H,3-6H2,1-2H3,(H2,8,11). The van der Waals surface area contributed by atoms with Gasteiger partial charge in [0, 0.05) is 13.1 Å². The Balaban J connectivity index is 3.08. The van der Waals surface area contributed by atoms with Gasteiger partial charge in [-0.15, -0.1) is 0 Å². The third-order valence-electron chi connectivity index (χ3n) is 1.51. The second kappa shape index (κ2) is 6.12. The van der Waals surface area contributed by atoms with Gasteiger partial charge < -0.3 is 16.0 Å². The lowest BCUT2D eigenvalue weighted by atomic mass is 10.5. The highest BCUT2D eigenvalue weighted by Crippen LogP contribution is 1.76. The van der Waals surface area contributed by atoms with Crippen molar-refractivity contribution in [3.05, 3.63) is 0 Å². The van der Waals surface area contributed by atoms with Crippen molar-refractivity contribution in [3.63, 3.8) is 0 Å². The zero-order valence-corrected chi connectivity index (χ0v) is 7.26. The first-order chi connectivity index (χ1) is 5.16. The topological polar surface area (TPSA) is 58.4 Å². The molecule has 0 rings (SSSR count). The fourth-order valence-corrected chi connectivity index (χ4v) is 0.640. The first-order valence-electron chi connectivity index (χ1n) is 3.84. The Kier molecular flexibility index (Phi) is 5.78. The number of primary amides is 1. The van der Waals surface area contributed by atoms with Crippen molar-refractivity contribution in [2.45, 2.75) is 6.92 Å². The molecule has 0 aromatic heterocycles. The van der Waals surface area contributed by atoms with Gasteiger partial charge in [-0.3, -0.25) is 4.79 Å². The molecule has 0 aliphatic rings. The molecule has 1 amide bonds. The number of rotatable bonds is 6. The van der Waals surface area contributed by atoms with Crippen molar-refractivity contribution >= 4 is 5.91 Å². The lowest BCUT2D eigenvalue weighted by Crippen LogP contribution is -2.34. The zero-order chi connectivity index (χ0) is 8.69. The molecule has 0 aliphatic heterocycles. The van der Waals surface area contributed by atoms with Crippen LogP contribution in [-0.4, -0.2) is 44.0 Å². The summed E-state index contributed by atoms with van der Waals surface area (Å²) in [4.78, 5) is 12.4. The molecule has 0 aromatic rings. The van der Waals surface area contributed by atoms with E-state index in [1.165, 1.54) is 0 Å². The smallest absolute Gasteiger partial charge is 0.231 e. The number of carbonyl (C=O) groups is 1. The van der Waals surface area contributed by atoms with E-state index in [9.17, 15) is 4.79 Å². The van der Waals surface area contributed by atoms with Crippen LogP contribution in [0.5, 0.6) is 0 Å². The number of nitrogens with zero attached hydrogens (tertiary/aromatic N) is 1. The minimum Gasteiger partial charge on any atom is -0.369 e. The summed E-state index contributed by atoms with van der Waals surface area (Å²) in [5.74, 6) is -0.302. The van der Waals surface area contributed by atoms with E-state index in [4.69, 9.17) is 5.73 Å². The maximum Gasteiger partial charge on any atom is 0.231 e. The molecule has 0 atom stereocenters. The quantitative estimate of drug-likeness (QED) is 0.489. The second-order valence-electron chi connectivity index (χ2n) is 2.54. The monoisotopic (exact) mass is 159 g/mol. The van der Waals surface area contributed by atoms with Crippen molar-refractivity contribution < 1.29 is 4.79 Å². The molecule has 0 aliphatic carbocycles. The van der Waals surface area contributed by atoms with Gasteiger partial charge >= 0.3 is 0 Å². The summed E-state index contributed by atoms with van der Waals surface area (Å²) < 4.78 is 0. The molecule has 0 saturated carbocycles. The summed E-state index contributed by atoms with van der Waals surface area (Å²) in [5, 5.41) is 2.93. The van der Waals surface area contributed by atoms with Gasteiger partial charge in [0.1, 0.15) is 0 Å². The molecular weight excluding hydrogens is 142 g/mol. The van der Waals surface area contributed by atoms with Crippen molar-refractivity contribution in [2.75, 3.05) is 33.2 Å². The van der Waals surface area contributed by atoms with Crippen molar-refractivity contribution in [3.8, 4) is 0 Å². The summed E-state index contributed by atoms with van der Waals surface area (Å²) in [6.45, 7) is 5.15. The predicted molar refractivity (Wildman–Crippen MR) is 45.2 cm³/mol. The summed E-state index contributed by atoms with van der Waals surface area (Å²) in [7, 11) is 2.03. The van der Waals surface area contributed by atoms with Gasteiger partial charge in [-0.25, -0.2) is 0 Å². The second-order valence-corrected chi connectivity index (χ2v) is 2.54. The van der Waals surface area contributed by atoms with Gasteiger partial charge in [0.05, 0.1) is 6.54 Å². The molecule has 11 heavy (non-hydrogen) atoms. The highest BCUT2D eigenvalue weighted by atomic mass is 16.1. The van der Waals surface area contributed by atoms with Gasteiger partial charge in [-0.1, -0.05) is 6.92 Å². The first-order valence-corrected chi connectivity index (χ1v) is 3.84. The van der Waals surface area contributed by atoms with Crippen LogP contribution >= 0.6 is 0 Å². The molecule has 0 spiro atoms. The lowest BCUT2D eigenvalue weighted by molar-refractivity contribution is -0.117. The van der Waals surface area contributed by atoms with Crippen LogP contribution in [0.15, 0.2) is 0 Å². The van der Waals surface area contributed by atoms with E-state index in [-0.39, 0.29) is 12.5 Å². The molecule has 0 bridgehead atoms. The molecule has 0 unspecified atom stereocenters. The maximum atomic E-state index is 10.3. The number of hydrogen-bond acceptors (Lipinski definition) is 3. The third-order valence-corrected chi connectivity index (χ3v) is 1.51. The molecule has 0 fully saturated rings. The Hall–Kier alpha value is -0.610. The van der Waals surface area contributed by atoms with Crippen LogP contribution in [0.2, 0.25) is 0 Å². The molecule has 4 nitrogen and oxygen atoms in total. The molecule has 4 heteroatoms. The summed E-state index contributed by atoms with van der Waals surface area (Å²) >= 11 is 0.